The van der Waals surface area contributed by atoms with Gasteiger partial charge in [-0.15, -0.1) is 0 Å². The van der Waals surface area contributed by atoms with Gasteiger partial charge in [-0.3, -0.25) is 14.8 Å². The van der Waals surface area contributed by atoms with Crippen LogP contribution in [0.2, 0.25) is 0 Å². The summed E-state index contributed by atoms with van der Waals surface area (Å²) in [5, 5.41) is 10.8. The molecule has 0 spiro atoms. The molecule has 1 aliphatic heterocycles. The summed E-state index contributed by atoms with van der Waals surface area (Å²) < 4.78 is 21.1. The fraction of sp³-hybridized carbons (Fsp3) is 0.280. The van der Waals surface area contributed by atoms with Gasteiger partial charge in [0.15, 0.2) is 17.4 Å². The summed E-state index contributed by atoms with van der Waals surface area (Å²) in [5.41, 5.74) is 7.70. The van der Waals surface area contributed by atoms with Crippen LogP contribution in [0.1, 0.15) is 18.3 Å². The van der Waals surface area contributed by atoms with E-state index in [2.05, 4.69) is 35.4 Å². The predicted octanol–water partition coefficient (Wildman–Crippen LogP) is 3.30. The first-order valence-corrected chi connectivity index (χ1v) is 11.9. The topological polar surface area (TPSA) is 141 Å². The number of hydrogen-bond acceptors (Lipinski definition) is 8. The molecule has 1 aromatic carbocycles. The van der Waals surface area contributed by atoms with E-state index in [0.29, 0.717) is 54.5 Å². The van der Waals surface area contributed by atoms with Gasteiger partial charge >= 0.3 is 6.01 Å². The summed E-state index contributed by atoms with van der Waals surface area (Å²) in [6.07, 6.45) is 3.80. The van der Waals surface area contributed by atoms with Crippen LogP contribution in [-0.2, 0) is 4.79 Å². The monoisotopic (exact) mass is 505 g/mol. The number of ether oxygens (including phenoxy) is 1. The predicted molar refractivity (Wildman–Crippen MR) is 140 cm³/mol. The van der Waals surface area contributed by atoms with Gasteiger partial charge < -0.3 is 25.7 Å². The van der Waals surface area contributed by atoms with Crippen LogP contribution in [0.5, 0.6) is 11.8 Å². The van der Waals surface area contributed by atoms with Crippen molar-refractivity contribution in [2.45, 2.75) is 13.8 Å². The Morgan fingerprint density at radius 1 is 1.19 bits per heavy atom. The van der Waals surface area contributed by atoms with Crippen molar-refractivity contribution in [1.29, 1.82) is 0 Å². The Morgan fingerprint density at radius 2 is 2.00 bits per heavy atom. The van der Waals surface area contributed by atoms with E-state index in [4.69, 9.17) is 10.5 Å². The molecule has 3 aromatic heterocycles. The maximum Gasteiger partial charge on any atom is 0.326 e. The minimum Gasteiger partial charge on any atom is -0.421 e. The molecular weight excluding hydrogens is 477 g/mol. The Labute approximate surface area is 212 Å². The van der Waals surface area contributed by atoms with Gasteiger partial charge in [0.1, 0.15) is 11.6 Å². The number of primary amides is 1. The van der Waals surface area contributed by atoms with E-state index in [1.807, 2.05) is 37.0 Å². The van der Waals surface area contributed by atoms with Gasteiger partial charge in [0.2, 0.25) is 5.91 Å². The van der Waals surface area contributed by atoms with Gasteiger partial charge in [0.05, 0.1) is 12.2 Å². The number of H-pyrrole nitrogens is 2. The number of rotatable bonds is 8. The van der Waals surface area contributed by atoms with E-state index in [1.165, 1.54) is 0 Å². The average Bonchev–Trinajstić information content (AvgIpc) is 3.47. The molecule has 0 aliphatic carbocycles. The molecule has 5 N–H and O–H groups in total. The maximum atomic E-state index is 15.2. The number of piperazine rings is 1. The zero-order valence-electron chi connectivity index (χ0n) is 20.6. The number of halogens is 1. The van der Waals surface area contributed by atoms with E-state index in [0.717, 1.165) is 11.4 Å². The van der Waals surface area contributed by atoms with Crippen LogP contribution in [-0.4, -0.2) is 68.7 Å². The summed E-state index contributed by atoms with van der Waals surface area (Å²) in [5.74, 6) is 0.784. The van der Waals surface area contributed by atoms with Crippen molar-refractivity contribution in [2.24, 2.45) is 5.73 Å². The number of hydrogen-bond donors (Lipinski definition) is 4. The molecule has 1 aliphatic rings. The first-order chi connectivity index (χ1) is 17.9. The standard InChI is InChI=1S/C25H28FN9O2/c1-3-4-16-12-22(33-32-16)29-21-13-23(35-9-7-34(8-10-35)14-20(27)36)31-25(30-21)37-19-6-5-18-17(24(19)26)11-15(2)28-18/h3-6,11-13,28H,7-10,14H2,1-2H3,(H2,27,36)(H2,29,30,31,32,33)/b4-3+. The Bertz CT molecular complexity index is 1450. The van der Waals surface area contributed by atoms with Crippen molar-refractivity contribution in [2.75, 3.05) is 42.9 Å². The highest BCUT2D eigenvalue weighted by atomic mass is 19.1. The zero-order chi connectivity index (χ0) is 25.9. The van der Waals surface area contributed by atoms with Crippen LogP contribution in [0.25, 0.3) is 17.0 Å². The number of benzene rings is 1. The highest BCUT2D eigenvalue weighted by Gasteiger charge is 2.22. The number of nitrogens with one attached hydrogen (secondary N) is 3. The molecule has 11 nitrogen and oxygen atoms in total. The van der Waals surface area contributed by atoms with Gasteiger partial charge in [0, 0.05) is 54.9 Å². The Kier molecular flexibility index (Phi) is 6.73. The third-order valence-electron chi connectivity index (χ3n) is 6.01. The molecule has 4 aromatic rings. The number of aryl methyl sites for hydroxylation is 1. The number of fused-ring (bicyclic) bond motifs is 1. The lowest BCUT2D eigenvalue weighted by molar-refractivity contribution is -0.119. The average molecular weight is 506 g/mol. The quantitative estimate of drug-likeness (QED) is 0.286. The highest BCUT2D eigenvalue weighted by Crippen LogP contribution is 2.31. The van der Waals surface area contributed by atoms with E-state index >= 15 is 4.39 Å². The lowest BCUT2D eigenvalue weighted by Crippen LogP contribution is -2.49. The van der Waals surface area contributed by atoms with E-state index in [1.54, 1.807) is 24.3 Å². The number of carbonyl (C=O) groups is 1. The molecule has 0 unspecified atom stereocenters. The van der Waals surface area contributed by atoms with Crippen LogP contribution in [0.3, 0.4) is 0 Å². The van der Waals surface area contributed by atoms with E-state index < -0.39 is 5.82 Å². The lowest BCUT2D eigenvalue weighted by atomic mass is 10.2. The van der Waals surface area contributed by atoms with Crippen molar-refractivity contribution < 1.29 is 13.9 Å². The summed E-state index contributed by atoms with van der Waals surface area (Å²) in [6.45, 7) is 6.55. The first kappa shape index (κ1) is 24.3. The molecule has 192 valence electrons. The van der Waals surface area contributed by atoms with Gasteiger partial charge in [-0.2, -0.15) is 15.1 Å². The largest absolute Gasteiger partial charge is 0.421 e. The number of anilines is 3. The second-order valence-electron chi connectivity index (χ2n) is 8.85. The molecule has 4 heterocycles. The number of aromatic nitrogens is 5. The normalized spacial score (nSPS) is 14.5. The van der Waals surface area contributed by atoms with Gasteiger partial charge in [0.25, 0.3) is 0 Å². The van der Waals surface area contributed by atoms with Crippen LogP contribution >= 0.6 is 0 Å². The van der Waals surface area contributed by atoms with E-state index in [-0.39, 0.29) is 24.2 Å². The van der Waals surface area contributed by atoms with Crippen LogP contribution in [0, 0.1) is 12.7 Å². The second kappa shape index (κ2) is 10.3. The molecule has 5 rings (SSSR count). The van der Waals surface area contributed by atoms with Crippen LogP contribution in [0.4, 0.5) is 21.8 Å². The fourth-order valence-corrected chi connectivity index (χ4v) is 4.30. The molecule has 1 saturated heterocycles. The Hall–Kier alpha value is -4.45. The maximum absolute atomic E-state index is 15.2. The molecule has 37 heavy (non-hydrogen) atoms. The minimum absolute atomic E-state index is 0.00529. The lowest BCUT2D eigenvalue weighted by Gasteiger charge is -2.34. The van der Waals surface area contributed by atoms with Crippen LogP contribution in [0.15, 0.2) is 36.4 Å². The number of aromatic amines is 2. The number of allylic oxidation sites excluding steroid dienone is 1. The summed E-state index contributed by atoms with van der Waals surface area (Å²) >= 11 is 0. The Morgan fingerprint density at radius 3 is 2.76 bits per heavy atom. The minimum atomic E-state index is -0.492. The molecule has 0 radical (unpaired) electrons. The SMILES string of the molecule is C/C=C/c1cc(Nc2cc(N3CCN(CC(N)=O)CC3)nc(Oc3ccc4[nH]c(C)cc4c3F)n2)n[nH]1. The highest BCUT2D eigenvalue weighted by molar-refractivity contribution is 5.82. The number of nitrogens with zero attached hydrogens (tertiary/aromatic N) is 5. The summed E-state index contributed by atoms with van der Waals surface area (Å²) in [6, 6.07) is 8.66. The Balaban J connectivity index is 1.44. The van der Waals surface area contributed by atoms with Crippen molar-refractivity contribution in [3.8, 4) is 11.8 Å². The molecule has 0 saturated carbocycles. The van der Waals surface area contributed by atoms with Gasteiger partial charge in [-0.05, 0) is 38.1 Å². The van der Waals surface area contributed by atoms with Crippen molar-refractivity contribution >= 4 is 40.3 Å². The molecule has 1 fully saturated rings. The smallest absolute Gasteiger partial charge is 0.326 e. The second-order valence-corrected chi connectivity index (χ2v) is 8.85. The molecule has 1 amide bonds. The molecule has 0 bridgehead atoms. The third kappa shape index (κ3) is 5.54. The van der Waals surface area contributed by atoms with Crippen molar-refractivity contribution in [3.63, 3.8) is 0 Å². The zero-order valence-corrected chi connectivity index (χ0v) is 20.6. The van der Waals surface area contributed by atoms with Crippen LogP contribution < -0.4 is 20.7 Å². The molecule has 0 atom stereocenters. The number of carbonyl (C=O) groups excluding carboxylic acids is 1. The third-order valence-corrected chi connectivity index (χ3v) is 6.01. The van der Waals surface area contributed by atoms with Gasteiger partial charge in [-0.1, -0.05) is 6.08 Å². The fourth-order valence-electron chi connectivity index (χ4n) is 4.30. The molecular formula is C25H28FN9O2. The van der Waals surface area contributed by atoms with E-state index in [9.17, 15) is 4.79 Å². The number of amides is 1. The van der Waals surface area contributed by atoms with Crippen molar-refractivity contribution in [3.05, 3.63) is 53.6 Å². The summed E-state index contributed by atoms with van der Waals surface area (Å²) in [7, 11) is 0. The van der Waals surface area contributed by atoms with Crippen molar-refractivity contribution in [1.82, 2.24) is 30.0 Å². The van der Waals surface area contributed by atoms with Gasteiger partial charge in [-0.25, -0.2) is 4.39 Å². The first-order valence-electron chi connectivity index (χ1n) is 11.9. The summed E-state index contributed by atoms with van der Waals surface area (Å²) in [4.78, 5) is 27.5. The molecule has 12 heteroatoms. The number of nitrogens with two attached hydrogens (primary N) is 1.